The van der Waals surface area contributed by atoms with Crippen LogP contribution in [0, 0.1) is 6.92 Å². The van der Waals surface area contributed by atoms with E-state index in [1.165, 1.54) is 23.5 Å². The SMILES string of the molecule is Cc1ccc(-c2nnc(SCC(=O)N/N=C/C3=CC=CC(C)O3)n2-c2ccccc2)cc1. The van der Waals surface area contributed by atoms with E-state index in [2.05, 4.69) is 20.7 Å². The van der Waals surface area contributed by atoms with E-state index in [4.69, 9.17) is 4.74 Å². The summed E-state index contributed by atoms with van der Waals surface area (Å²) in [4.78, 5) is 12.3. The summed E-state index contributed by atoms with van der Waals surface area (Å²) < 4.78 is 7.52. The summed E-state index contributed by atoms with van der Waals surface area (Å²) in [5, 5.41) is 13.4. The molecule has 2 heterocycles. The maximum Gasteiger partial charge on any atom is 0.250 e. The first-order valence-electron chi connectivity index (χ1n) is 10.2. The highest BCUT2D eigenvalue weighted by Gasteiger charge is 2.17. The largest absolute Gasteiger partial charge is 0.485 e. The number of hydrazone groups is 1. The molecule has 1 unspecified atom stereocenters. The standard InChI is InChI=1S/C24H23N5O2S/c1-17-11-13-19(14-12-17)23-27-28-24(29(23)20-8-4-3-5-9-20)32-16-22(30)26-25-15-21-10-6-7-18(2)31-21/h3-15,18H,16H2,1-2H3,(H,26,30)/b25-15+. The summed E-state index contributed by atoms with van der Waals surface area (Å²) in [5.41, 5.74) is 5.58. The maximum atomic E-state index is 12.3. The molecule has 0 radical (unpaired) electrons. The number of hydrogen-bond acceptors (Lipinski definition) is 6. The second-order valence-corrected chi connectivity index (χ2v) is 8.14. The van der Waals surface area contributed by atoms with Crippen LogP contribution in [-0.2, 0) is 9.53 Å². The lowest BCUT2D eigenvalue weighted by atomic mass is 10.1. The Morgan fingerprint density at radius 2 is 1.97 bits per heavy atom. The number of aromatic nitrogens is 3. The van der Waals surface area contributed by atoms with E-state index in [0.717, 1.165) is 17.1 Å². The molecule has 0 fully saturated rings. The summed E-state index contributed by atoms with van der Waals surface area (Å²) in [5.74, 6) is 1.22. The zero-order valence-corrected chi connectivity index (χ0v) is 18.6. The first kappa shape index (κ1) is 21.6. The number of benzene rings is 2. The fourth-order valence-corrected chi connectivity index (χ4v) is 3.81. The van der Waals surface area contributed by atoms with Crippen molar-refractivity contribution >= 4 is 23.9 Å². The molecule has 0 aliphatic carbocycles. The number of thioether (sulfide) groups is 1. The molecule has 2 aromatic carbocycles. The molecule has 1 aliphatic rings. The summed E-state index contributed by atoms with van der Waals surface area (Å²) in [6, 6.07) is 18.0. The van der Waals surface area contributed by atoms with Crippen LogP contribution in [-0.4, -0.2) is 38.7 Å². The van der Waals surface area contributed by atoms with E-state index in [1.54, 1.807) is 6.08 Å². The van der Waals surface area contributed by atoms with Gasteiger partial charge in [0.15, 0.2) is 11.0 Å². The predicted molar refractivity (Wildman–Crippen MR) is 127 cm³/mol. The van der Waals surface area contributed by atoms with Gasteiger partial charge in [0.05, 0.1) is 12.0 Å². The van der Waals surface area contributed by atoms with Gasteiger partial charge >= 0.3 is 0 Å². The molecule has 7 nitrogen and oxygen atoms in total. The van der Waals surface area contributed by atoms with E-state index < -0.39 is 0 Å². The monoisotopic (exact) mass is 445 g/mol. The van der Waals surface area contributed by atoms with Crippen LogP contribution in [0.4, 0.5) is 0 Å². The normalized spacial score (nSPS) is 15.4. The number of rotatable bonds is 7. The fourth-order valence-electron chi connectivity index (χ4n) is 3.07. The van der Waals surface area contributed by atoms with Gasteiger partial charge in [-0.15, -0.1) is 10.2 Å². The van der Waals surface area contributed by atoms with E-state index >= 15 is 0 Å². The Hall–Kier alpha value is -3.65. The van der Waals surface area contributed by atoms with Crippen LogP contribution in [0.5, 0.6) is 0 Å². The van der Waals surface area contributed by atoms with E-state index in [-0.39, 0.29) is 17.8 Å². The average Bonchev–Trinajstić information content (AvgIpc) is 3.23. The number of hydrogen-bond donors (Lipinski definition) is 1. The first-order chi connectivity index (χ1) is 15.6. The molecule has 0 saturated carbocycles. The van der Waals surface area contributed by atoms with Crippen LogP contribution in [0.3, 0.4) is 0 Å². The van der Waals surface area contributed by atoms with E-state index in [0.29, 0.717) is 10.9 Å². The second-order valence-electron chi connectivity index (χ2n) is 7.20. The van der Waals surface area contributed by atoms with Gasteiger partial charge in [-0.05, 0) is 38.1 Å². The van der Waals surface area contributed by atoms with Crippen molar-refractivity contribution in [3.05, 3.63) is 84.1 Å². The number of carbonyl (C=O) groups excluding carboxylic acids is 1. The molecule has 1 aliphatic heterocycles. The molecule has 8 heteroatoms. The number of ether oxygens (including phenoxy) is 1. The zero-order valence-electron chi connectivity index (χ0n) is 17.8. The number of amides is 1. The van der Waals surface area contributed by atoms with Crippen molar-refractivity contribution in [3.63, 3.8) is 0 Å². The summed E-state index contributed by atoms with van der Waals surface area (Å²) in [6.07, 6.45) is 7.10. The van der Waals surface area contributed by atoms with Gasteiger partial charge < -0.3 is 4.74 Å². The molecule has 4 rings (SSSR count). The van der Waals surface area contributed by atoms with Crippen LogP contribution in [0.2, 0.25) is 0 Å². The van der Waals surface area contributed by atoms with Crippen molar-refractivity contribution in [3.8, 4) is 17.1 Å². The Kier molecular flexibility index (Phi) is 6.81. The molecule has 1 N–H and O–H groups in total. The summed E-state index contributed by atoms with van der Waals surface area (Å²) in [6.45, 7) is 3.97. The van der Waals surface area contributed by atoms with Crippen molar-refractivity contribution in [1.29, 1.82) is 0 Å². The number of aryl methyl sites for hydroxylation is 1. The van der Waals surface area contributed by atoms with Crippen molar-refractivity contribution < 1.29 is 9.53 Å². The molecule has 0 saturated heterocycles. The quantitative estimate of drug-likeness (QED) is 0.333. The molecular formula is C24H23N5O2S. The Labute approximate surface area is 190 Å². The minimum absolute atomic E-state index is 0.0141. The Morgan fingerprint density at radius 1 is 1.19 bits per heavy atom. The lowest BCUT2D eigenvalue weighted by Crippen LogP contribution is -2.20. The smallest absolute Gasteiger partial charge is 0.250 e. The van der Waals surface area contributed by atoms with Crippen LogP contribution < -0.4 is 5.43 Å². The summed E-state index contributed by atoms with van der Waals surface area (Å²) >= 11 is 1.30. The number of allylic oxidation sites excluding steroid dienone is 3. The number of nitrogens with zero attached hydrogens (tertiary/aromatic N) is 4. The van der Waals surface area contributed by atoms with E-state index in [9.17, 15) is 4.79 Å². The van der Waals surface area contributed by atoms with Gasteiger partial charge in [0.1, 0.15) is 11.9 Å². The first-order valence-corrected chi connectivity index (χ1v) is 11.2. The van der Waals surface area contributed by atoms with E-state index in [1.807, 2.05) is 85.2 Å². The number of nitrogens with one attached hydrogen (secondary N) is 1. The molecule has 1 aromatic heterocycles. The van der Waals surface area contributed by atoms with Gasteiger partial charge in [0.2, 0.25) is 0 Å². The third-order valence-electron chi connectivity index (χ3n) is 4.64. The molecular weight excluding hydrogens is 422 g/mol. The van der Waals surface area contributed by atoms with Crippen LogP contribution in [0.1, 0.15) is 12.5 Å². The Balaban J connectivity index is 1.47. The van der Waals surface area contributed by atoms with Crippen LogP contribution in [0.15, 0.2) is 88.8 Å². The molecule has 162 valence electrons. The van der Waals surface area contributed by atoms with Crippen molar-refractivity contribution in [2.24, 2.45) is 5.10 Å². The minimum Gasteiger partial charge on any atom is -0.485 e. The van der Waals surface area contributed by atoms with Gasteiger partial charge in [-0.2, -0.15) is 5.10 Å². The lowest BCUT2D eigenvalue weighted by Gasteiger charge is -2.13. The highest BCUT2D eigenvalue weighted by molar-refractivity contribution is 7.99. The van der Waals surface area contributed by atoms with Gasteiger partial charge in [-0.1, -0.05) is 65.9 Å². The maximum absolute atomic E-state index is 12.3. The lowest BCUT2D eigenvalue weighted by molar-refractivity contribution is -0.118. The number of para-hydroxylation sites is 1. The Morgan fingerprint density at radius 3 is 2.72 bits per heavy atom. The van der Waals surface area contributed by atoms with Crippen LogP contribution >= 0.6 is 11.8 Å². The third-order valence-corrected chi connectivity index (χ3v) is 5.56. The van der Waals surface area contributed by atoms with Crippen LogP contribution in [0.25, 0.3) is 17.1 Å². The third kappa shape index (κ3) is 5.33. The molecule has 0 spiro atoms. The van der Waals surface area contributed by atoms with Crippen molar-refractivity contribution in [2.75, 3.05) is 5.75 Å². The van der Waals surface area contributed by atoms with Gasteiger partial charge in [0, 0.05) is 11.3 Å². The summed E-state index contributed by atoms with van der Waals surface area (Å²) in [7, 11) is 0. The highest BCUT2D eigenvalue weighted by Crippen LogP contribution is 2.28. The van der Waals surface area contributed by atoms with Gasteiger partial charge in [-0.25, -0.2) is 5.43 Å². The minimum atomic E-state index is -0.245. The van der Waals surface area contributed by atoms with Crippen molar-refractivity contribution in [1.82, 2.24) is 20.2 Å². The Bertz CT molecular complexity index is 1170. The second kappa shape index (κ2) is 10.1. The molecule has 32 heavy (non-hydrogen) atoms. The topological polar surface area (TPSA) is 81.4 Å². The molecule has 0 bridgehead atoms. The average molecular weight is 446 g/mol. The van der Waals surface area contributed by atoms with Gasteiger partial charge in [-0.3, -0.25) is 9.36 Å². The van der Waals surface area contributed by atoms with Gasteiger partial charge in [0.25, 0.3) is 5.91 Å². The predicted octanol–water partition coefficient (Wildman–Crippen LogP) is 4.30. The molecule has 1 amide bonds. The zero-order chi connectivity index (χ0) is 22.3. The fraction of sp³-hybridized carbons (Fsp3) is 0.167. The molecule has 1 atom stereocenters. The molecule has 3 aromatic rings. The highest BCUT2D eigenvalue weighted by atomic mass is 32.2. The number of carbonyl (C=O) groups is 1. The van der Waals surface area contributed by atoms with Crippen molar-refractivity contribution in [2.45, 2.75) is 25.1 Å².